The molecule has 0 radical (unpaired) electrons. The van der Waals surface area contributed by atoms with E-state index < -0.39 is 10.8 Å². The van der Waals surface area contributed by atoms with Gasteiger partial charge < -0.3 is 5.32 Å². The summed E-state index contributed by atoms with van der Waals surface area (Å²) in [6.07, 6.45) is 0. The van der Waals surface area contributed by atoms with Crippen LogP contribution in [0.5, 0.6) is 0 Å². The maximum Gasteiger partial charge on any atom is 0.271 e. The fraction of sp³-hybridized carbons (Fsp3) is 0.136. The molecule has 0 aliphatic carbocycles. The van der Waals surface area contributed by atoms with E-state index in [9.17, 15) is 14.9 Å². The molecule has 2 aromatic heterocycles. The number of aryl methyl sites for hydroxylation is 2. The lowest BCUT2D eigenvalue weighted by atomic mass is 10.0. The number of fused-ring (bicyclic) bond motifs is 1. The van der Waals surface area contributed by atoms with E-state index in [1.807, 2.05) is 39.1 Å². The normalized spacial score (nSPS) is 11.0. The molecule has 0 saturated carbocycles. The zero-order chi connectivity index (χ0) is 22.3. The van der Waals surface area contributed by atoms with Crippen LogP contribution in [-0.2, 0) is 7.05 Å². The molecule has 8 nitrogen and oxygen atoms in total. The number of pyridine rings is 1. The summed E-state index contributed by atoms with van der Waals surface area (Å²) in [4.78, 5) is 28.5. The Balaban J connectivity index is 1.84. The Labute approximate surface area is 182 Å². The van der Waals surface area contributed by atoms with Gasteiger partial charge in [-0.3, -0.25) is 19.6 Å². The van der Waals surface area contributed by atoms with Gasteiger partial charge in [0.1, 0.15) is 0 Å². The fourth-order valence-corrected chi connectivity index (χ4v) is 3.71. The largest absolute Gasteiger partial charge is 0.320 e. The summed E-state index contributed by atoms with van der Waals surface area (Å²) in [5, 5.41) is 19.1. The summed E-state index contributed by atoms with van der Waals surface area (Å²) in [7, 11) is 1.85. The molecular weight excluding hydrogens is 418 g/mol. The predicted octanol–water partition coefficient (Wildman–Crippen LogP) is 5.07. The minimum atomic E-state index is -0.542. The highest BCUT2D eigenvalue weighted by atomic mass is 35.5. The van der Waals surface area contributed by atoms with Crippen LogP contribution in [0.25, 0.3) is 22.2 Å². The molecule has 1 amide bonds. The number of nitrogens with one attached hydrogen (secondary N) is 1. The highest BCUT2D eigenvalue weighted by Gasteiger charge is 2.20. The summed E-state index contributed by atoms with van der Waals surface area (Å²) in [6, 6.07) is 12.9. The number of amides is 1. The monoisotopic (exact) mass is 435 g/mol. The van der Waals surface area contributed by atoms with Crippen molar-refractivity contribution in [1.82, 2.24) is 14.8 Å². The molecule has 0 fully saturated rings. The van der Waals surface area contributed by atoms with Crippen molar-refractivity contribution in [2.45, 2.75) is 13.8 Å². The van der Waals surface area contributed by atoms with Gasteiger partial charge in [-0.2, -0.15) is 5.10 Å². The van der Waals surface area contributed by atoms with Crippen molar-refractivity contribution in [1.29, 1.82) is 0 Å². The van der Waals surface area contributed by atoms with Gasteiger partial charge in [0.25, 0.3) is 11.6 Å². The van der Waals surface area contributed by atoms with Crippen molar-refractivity contribution in [3.63, 3.8) is 0 Å². The summed E-state index contributed by atoms with van der Waals surface area (Å²) in [5.41, 5.74) is 4.24. The number of hydrogen-bond acceptors (Lipinski definition) is 5. The number of nitrogens with zero attached hydrogens (tertiary/aromatic N) is 4. The van der Waals surface area contributed by atoms with Crippen LogP contribution in [0.4, 0.5) is 11.4 Å². The first-order valence-electron chi connectivity index (χ1n) is 9.42. The van der Waals surface area contributed by atoms with Gasteiger partial charge in [0.05, 0.1) is 38.1 Å². The fourth-order valence-electron chi connectivity index (χ4n) is 3.55. The number of para-hydroxylation sites is 1. The number of rotatable bonds is 4. The molecule has 1 N–H and O–H groups in total. The summed E-state index contributed by atoms with van der Waals surface area (Å²) < 4.78 is 1.77. The lowest BCUT2D eigenvalue weighted by Gasteiger charge is -2.12. The van der Waals surface area contributed by atoms with E-state index in [4.69, 9.17) is 16.6 Å². The second kappa shape index (κ2) is 7.81. The van der Waals surface area contributed by atoms with Crippen molar-refractivity contribution in [3.05, 3.63) is 80.6 Å². The number of carbonyl (C=O) groups excluding carboxylic acids is 1. The smallest absolute Gasteiger partial charge is 0.271 e. The minimum Gasteiger partial charge on any atom is -0.320 e. The second-order valence-corrected chi connectivity index (χ2v) is 7.52. The SMILES string of the molecule is Cc1nn(C)c(C)c1-c1cc(C(=O)Nc2cc([N+](=O)[O-])ccc2Cl)c2ccccc2n1. The first-order chi connectivity index (χ1) is 14.8. The van der Waals surface area contributed by atoms with Gasteiger partial charge in [-0.05, 0) is 32.0 Å². The lowest BCUT2D eigenvalue weighted by molar-refractivity contribution is -0.384. The van der Waals surface area contributed by atoms with Crippen molar-refractivity contribution in [2.75, 3.05) is 5.32 Å². The lowest BCUT2D eigenvalue weighted by Crippen LogP contribution is -2.13. The van der Waals surface area contributed by atoms with Crippen LogP contribution in [0.2, 0.25) is 5.02 Å². The minimum absolute atomic E-state index is 0.164. The first kappa shape index (κ1) is 20.5. The molecule has 0 aliphatic heterocycles. The van der Waals surface area contributed by atoms with Crippen molar-refractivity contribution < 1.29 is 9.72 Å². The topological polar surface area (TPSA) is 103 Å². The summed E-state index contributed by atoms with van der Waals surface area (Å²) in [5.74, 6) is -0.443. The van der Waals surface area contributed by atoms with Crippen LogP contribution in [0.1, 0.15) is 21.7 Å². The standard InChI is InChI=1S/C22H18ClN5O3/c1-12-21(13(2)27(3)26-12)20-11-16(15-6-4-5-7-18(15)24-20)22(29)25-19-10-14(28(30)31)8-9-17(19)23/h4-11H,1-3H3,(H,25,29). The average molecular weight is 436 g/mol. The molecule has 0 unspecified atom stereocenters. The molecule has 31 heavy (non-hydrogen) atoms. The molecular formula is C22H18ClN5O3. The average Bonchev–Trinajstić information content (AvgIpc) is 2.99. The molecule has 2 heterocycles. The molecule has 0 bridgehead atoms. The van der Waals surface area contributed by atoms with Gasteiger partial charge in [-0.25, -0.2) is 4.98 Å². The quantitative estimate of drug-likeness (QED) is 0.356. The van der Waals surface area contributed by atoms with E-state index >= 15 is 0 Å². The van der Waals surface area contributed by atoms with Crippen molar-refractivity contribution in [2.24, 2.45) is 7.05 Å². The van der Waals surface area contributed by atoms with Gasteiger partial charge in [-0.1, -0.05) is 29.8 Å². The van der Waals surface area contributed by atoms with E-state index in [0.29, 0.717) is 22.2 Å². The molecule has 4 aromatic rings. The Morgan fingerprint density at radius 1 is 1.16 bits per heavy atom. The zero-order valence-electron chi connectivity index (χ0n) is 17.0. The van der Waals surface area contributed by atoms with E-state index in [0.717, 1.165) is 17.0 Å². The number of nitro groups is 1. The van der Waals surface area contributed by atoms with Crippen LogP contribution in [-0.4, -0.2) is 25.6 Å². The van der Waals surface area contributed by atoms with Gasteiger partial charge in [-0.15, -0.1) is 0 Å². The van der Waals surface area contributed by atoms with E-state index in [-0.39, 0.29) is 16.4 Å². The number of halogens is 1. The van der Waals surface area contributed by atoms with Crippen LogP contribution >= 0.6 is 11.6 Å². The molecule has 156 valence electrons. The van der Waals surface area contributed by atoms with Crippen LogP contribution < -0.4 is 5.32 Å². The van der Waals surface area contributed by atoms with E-state index in [2.05, 4.69) is 10.4 Å². The maximum atomic E-state index is 13.2. The molecule has 0 atom stereocenters. The van der Waals surface area contributed by atoms with Crippen molar-refractivity contribution in [3.8, 4) is 11.3 Å². The van der Waals surface area contributed by atoms with Gasteiger partial charge in [0, 0.05) is 35.8 Å². The van der Waals surface area contributed by atoms with Crippen LogP contribution in [0.3, 0.4) is 0 Å². The summed E-state index contributed by atoms with van der Waals surface area (Å²) >= 11 is 6.16. The molecule has 2 aromatic carbocycles. The Bertz CT molecular complexity index is 1360. The first-order valence-corrected chi connectivity index (χ1v) is 9.79. The Morgan fingerprint density at radius 2 is 1.90 bits per heavy atom. The third-order valence-electron chi connectivity index (χ3n) is 5.13. The van der Waals surface area contributed by atoms with Gasteiger partial charge in [0.2, 0.25) is 0 Å². The third-order valence-corrected chi connectivity index (χ3v) is 5.46. The van der Waals surface area contributed by atoms with Crippen LogP contribution in [0.15, 0.2) is 48.5 Å². The highest BCUT2D eigenvalue weighted by Crippen LogP contribution is 2.31. The molecule has 0 spiro atoms. The second-order valence-electron chi connectivity index (χ2n) is 7.12. The Morgan fingerprint density at radius 3 is 2.58 bits per heavy atom. The number of aromatic nitrogens is 3. The summed E-state index contributed by atoms with van der Waals surface area (Å²) in [6.45, 7) is 3.83. The number of hydrogen-bond donors (Lipinski definition) is 1. The maximum absolute atomic E-state index is 13.2. The van der Waals surface area contributed by atoms with Gasteiger partial charge >= 0.3 is 0 Å². The molecule has 0 saturated heterocycles. The Hall–Kier alpha value is -3.78. The Kier molecular flexibility index (Phi) is 5.16. The predicted molar refractivity (Wildman–Crippen MR) is 119 cm³/mol. The number of anilines is 1. The van der Waals surface area contributed by atoms with E-state index in [1.54, 1.807) is 16.8 Å². The number of carbonyl (C=O) groups is 1. The zero-order valence-corrected chi connectivity index (χ0v) is 17.8. The van der Waals surface area contributed by atoms with Gasteiger partial charge in [0.15, 0.2) is 0 Å². The molecule has 9 heteroatoms. The van der Waals surface area contributed by atoms with Crippen LogP contribution in [0, 0.1) is 24.0 Å². The number of benzene rings is 2. The molecule has 4 rings (SSSR count). The molecule has 0 aliphatic rings. The number of non-ortho nitro benzene ring substituents is 1. The van der Waals surface area contributed by atoms with E-state index in [1.165, 1.54) is 18.2 Å². The van der Waals surface area contributed by atoms with Crippen molar-refractivity contribution >= 4 is 39.8 Å². The number of nitro benzene ring substituents is 1. The highest BCUT2D eigenvalue weighted by molar-refractivity contribution is 6.34. The third kappa shape index (κ3) is 3.73.